The smallest absolute Gasteiger partial charge is 0.279 e. The van der Waals surface area contributed by atoms with Crippen LogP contribution in [0.4, 0.5) is 5.69 Å². The SMILES string of the molecule is COc1ccc(NC(=O)C[NH+]2CC[NH+](Cc3ccco3)CC2)cc1. The first kappa shape index (κ1) is 16.5. The molecular formula is C18H25N3O3+2. The monoisotopic (exact) mass is 331 g/mol. The Balaban J connectivity index is 1.41. The van der Waals surface area contributed by atoms with Gasteiger partial charge in [-0.3, -0.25) is 4.79 Å². The molecule has 1 fully saturated rings. The van der Waals surface area contributed by atoms with E-state index in [4.69, 9.17) is 9.15 Å². The van der Waals surface area contributed by atoms with Gasteiger partial charge >= 0.3 is 0 Å². The van der Waals surface area contributed by atoms with Crippen molar-refractivity contribution < 1.29 is 23.7 Å². The summed E-state index contributed by atoms with van der Waals surface area (Å²) in [4.78, 5) is 15.0. The second-order valence-corrected chi connectivity index (χ2v) is 6.21. The van der Waals surface area contributed by atoms with Crippen LogP contribution in [0.3, 0.4) is 0 Å². The van der Waals surface area contributed by atoms with Crippen molar-refractivity contribution >= 4 is 11.6 Å². The van der Waals surface area contributed by atoms with E-state index in [-0.39, 0.29) is 5.91 Å². The van der Waals surface area contributed by atoms with E-state index in [1.54, 1.807) is 13.4 Å². The average Bonchev–Trinajstić information content (AvgIpc) is 3.10. The molecule has 2 heterocycles. The number of nitrogens with one attached hydrogen (secondary N) is 3. The van der Waals surface area contributed by atoms with Crippen molar-refractivity contribution in [3.63, 3.8) is 0 Å². The van der Waals surface area contributed by atoms with Gasteiger partial charge in [0.15, 0.2) is 12.3 Å². The highest BCUT2D eigenvalue weighted by molar-refractivity contribution is 5.91. The van der Waals surface area contributed by atoms with Crippen molar-refractivity contribution in [2.75, 3.05) is 45.2 Å². The molecule has 128 valence electrons. The standard InChI is InChI=1S/C18H23N3O3/c1-23-16-6-4-15(5-7-16)19-18(22)14-21-10-8-20(9-11-21)13-17-3-2-12-24-17/h2-7,12H,8-11,13-14H2,1H3,(H,19,22)/p+2. The van der Waals surface area contributed by atoms with Crippen molar-refractivity contribution in [2.24, 2.45) is 0 Å². The molecule has 1 saturated heterocycles. The van der Waals surface area contributed by atoms with Gasteiger partial charge in [-0.05, 0) is 36.4 Å². The van der Waals surface area contributed by atoms with E-state index in [0.29, 0.717) is 6.54 Å². The molecule has 0 saturated carbocycles. The van der Waals surface area contributed by atoms with E-state index < -0.39 is 0 Å². The zero-order valence-corrected chi connectivity index (χ0v) is 14.0. The average molecular weight is 331 g/mol. The number of furan rings is 1. The van der Waals surface area contributed by atoms with Gasteiger partial charge in [-0.2, -0.15) is 0 Å². The van der Waals surface area contributed by atoms with Crippen LogP contribution < -0.4 is 19.9 Å². The Morgan fingerprint density at radius 1 is 1.12 bits per heavy atom. The molecule has 1 aromatic heterocycles. The fourth-order valence-corrected chi connectivity index (χ4v) is 3.08. The van der Waals surface area contributed by atoms with Crippen LogP contribution in [0.1, 0.15) is 5.76 Å². The van der Waals surface area contributed by atoms with Crippen LogP contribution in [-0.2, 0) is 11.3 Å². The Morgan fingerprint density at radius 2 is 1.83 bits per heavy atom. The Labute approximate surface area is 142 Å². The maximum Gasteiger partial charge on any atom is 0.279 e. The van der Waals surface area contributed by atoms with Crippen molar-refractivity contribution in [2.45, 2.75) is 6.54 Å². The van der Waals surface area contributed by atoms with E-state index in [1.807, 2.05) is 36.4 Å². The minimum Gasteiger partial charge on any atom is -0.497 e. The third-order valence-corrected chi connectivity index (χ3v) is 4.45. The molecule has 1 aliphatic rings. The van der Waals surface area contributed by atoms with E-state index in [2.05, 4.69) is 5.32 Å². The quantitative estimate of drug-likeness (QED) is 0.650. The molecule has 24 heavy (non-hydrogen) atoms. The number of anilines is 1. The summed E-state index contributed by atoms with van der Waals surface area (Å²) >= 11 is 0. The number of hydrogen-bond acceptors (Lipinski definition) is 3. The van der Waals surface area contributed by atoms with E-state index in [1.165, 1.54) is 9.80 Å². The summed E-state index contributed by atoms with van der Waals surface area (Å²) in [6.07, 6.45) is 1.72. The third kappa shape index (κ3) is 4.59. The third-order valence-electron chi connectivity index (χ3n) is 4.45. The number of carbonyl (C=O) groups excluding carboxylic acids is 1. The van der Waals surface area contributed by atoms with Gasteiger partial charge in [-0.15, -0.1) is 0 Å². The van der Waals surface area contributed by atoms with Crippen LogP contribution >= 0.6 is 0 Å². The lowest BCUT2D eigenvalue weighted by molar-refractivity contribution is -1.02. The number of amides is 1. The zero-order chi connectivity index (χ0) is 16.8. The molecule has 2 aromatic rings. The molecule has 0 bridgehead atoms. The molecule has 0 atom stereocenters. The summed E-state index contributed by atoms with van der Waals surface area (Å²) in [6, 6.07) is 11.4. The van der Waals surface area contributed by atoms with Gasteiger partial charge in [0.1, 0.15) is 38.5 Å². The van der Waals surface area contributed by atoms with Crippen LogP contribution in [-0.4, -0.2) is 45.7 Å². The van der Waals surface area contributed by atoms with Crippen molar-refractivity contribution in [1.82, 2.24) is 0 Å². The number of quaternary nitrogens is 2. The number of carbonyl (C=O) groups is 1. The first-order valence-electron chi connectivity index (χ1n) is 8.36. The fraction of sp³-hybridized carbons (Fsp3) is 0.389. The highest BCUT2D eigenvalue weighted by atomic mass is 16.5. The van der Waals surface area contributed by atoms with Crippen molar-refractivity contribution in [3.05, 3.63) is 48.4 Å². The molecule has 1 aromatic carbocycles. The molecular weight excluding hydrogens is 306 g/mol. The maximum absolute atomic E-state index is 12.2. The summed E-state index contributed by atoms with van der Waals surface area (Å²) in [7, 11) is 1.63. The van der Waals surface area contributed by atoms with Crippen LogP contribution in [0.25, 0.3) is 0 Å². The molecule has 0 aliphatic carbocycles. The predicted octanol–water partition coefficient (Wildman–Crippen LogP) is -0.790. The Morgan fingerprint density at radius 3 is 2.46 bits per heavy atom. The minimum absolute atomic E-state index is 0.0599. The highest BCUT2D eigenvalue weighted by Crippen LogP contribution is 2.14. The molecule has 0 unspecified atom stereocenters. The fourth-order valence-electron chi connectivity index (χ4n) is 3.08. The Bertz CT molecular complexity index is 632. The normalized spacial score (nSPS) is 20.5. The zero-order valence-electron chi connectivity index (χ0n) is 14.0. The van der Waals surface area contributed by atoms with E-state index in [9.17, 15) is 4.79 Å². The number of methoxy groups -OCH3 is 1. The topological polar surface area (TPSA) is 60.3 Å². The lowest BCUT2D eigenvalue weighted by Gasteiger charge is -2.28. The van der Waals surface area contributed by atoms with Gasteiger partial charge in [0.2, 0.25) is 0 Å². The van der Waals surface area contributed by atoms with E-state index >= 15 is 0 Å². The number of hydrogen-bond donors (Lipinski definition) is 3. The van der Waals surface area contributed by atoms with E-state index in [0.717, 1.165) is 49.9 Å². The summed E-state index contributed by atoms with van der Waals surface area (Å²) in [5, 5.41) is 2.95. The van der Waals surface area contributed by atoms with Gasteiger partial charge in [0.05, 0.1) is 13.4 Å². The molecule has 0 spiro atoms. The molecule has 3 rings (SSSR count). The first-order chi connectivity index (χ1) is 11.7. The van der Waals surface area contributed by atoms with Crippen molar-refractivity contribution in [3.8, 4) is 5.75 Å². The number of benzene rings is 1. The van der Waals surface area contributed by atoms with Gasteiger partial charge < -0.3 is 24.3 Å². The molecule has 0 radical (unpaired) electrons. The minimum atomic E-state index is 0.0599. The molecule has 1 amide bonds. The number of ether oxygens (including phenoxy) is 1. The lowest BCUT2D eigenvalue weighted by atomic mass is 10.2. The summed E-state index contributed by atoms with van der Waals surface area (Å²) in [5.74, 6) is 1.88. The summed E-state index contributed by atoms with van der Waals surface area (Å²) in [5.41, 5.74) is 0.808. The Kier molecular flexibility index (Phi) is 5.51. The van der Waals surface area contributed by atoms with Gasteiger partial charge in [-0.25, -0.2) is 0 Å². The van der Waals surface area contributed by atoms with Crippen molar-refractivity contribution in [1.29, 1.82) is 0 Å². The van der Waals surface area contributed by atoms with Crippen LogP contribution in [0.5, 0.6) is 5.75 Å². The maximum atomic E-state index is 12.2. The number of rotatable bonds is 6. The van der Waals surface area contributed by atoms with Crippen LogP contribution in [0, 0.1) is 0 Å². The van der Waals surface area contributed by atoms with Gasteiger partial charge in [0, 0.05) is 5.69 Å². The second kappa shape index (κ2) is 7.99. The summed E-state index contributed by atoms with van der Waals surface area (Å²) < 4.78 is 10.5. The van der Waals surface area contributed by atoms with Crippen LogP contribution in [0.2, 0.25) is 0 Å². The molecule has 1 aliphatic heterocycles. The molecule has 6 nitrogen and oxygen atoms in total. The van der Waals surface area contributed by atoms with Gasteiger partial charge in [0.25, 0.3) is 5.91 Å². The number of piperazine rings is 1. The molecule has 6 heteroatoms. The van der Waals surface area contributed by atoms with Gasteiger partial charge in [-0.1, -0.05) is 0 Å². The lowest BCUT2D eigenvalue weighted by Crippen LogP contribution is -3.28. The largest absolute Gasteiger partial charge is 0.497 e. The highest BCUT2D eigenvalue weighted by Gasteiger charge is 2.25. The first-order valence-corrected chi connectivity index (χ1v) is 8.36. The predicted molar refractivity (Wildman–Crippen MR) is 90.3 cm³/mol. The Hall–Kier alpha value is -2.31. The second-order valence-electron chi connectivity index (χ2n) is 6.21. The summed E-state index contributed by atoms with van der Waals surface area (Å²) in [6.45, 7) is 5.58. The molecule has 3 N–H and O–H groups in total. The van der Waals surface area contributed by atoms with Crippen LogP contribution in [0.15, 0.2) is 47.1 Å².